The highest BCUT2D eigenvalue weighted by Crippen LogP contribution is 2.34. The van der Waals surface area contributed by atoms with Crippen molar-refractivity contribution in [3.8, 4) is 0 Å². The van der Waals surface area contributed by atoms with Gasteiger partial charge in [0.1, 0.15) is 0 Å². The zero-order valence-electron chi connectivity index (χ0n) is 11.9. The molecule has 0 saturated carbocycles. The van der Waals surface area contributed by atoms with Crippen molar-refractivity contribution >= 4 is 17.6 Å². The molecule has 1 heterocycles. The lowest BCUT2D eigenvalue weighted by Gasteiger charge is -2.10. The lowest BCUT2D eigenvalue weighted by Crippen LogP contribution is -2.27. The summed E-state index contributed by atoms with van der Waals surface area (Å²) in [5.74, 6) is -0.197. The molecule has 0 amide bonds. The van der Waals surface area contributed by atoms with Crippen molar-refractivity contribution in [2.75, 3.05) is 13.2 Å². The van der Waals surface area contributed by atoms with Gasteiger partial charge in [-0.05, 0) is 50.3 Å². The standard InChI is InChI=1S/C16H21ClO3/c1-2-19-15(18)16(12-20-16)11-5-3-4-6-13-7-9-14(17)10-8-13/h7-10H,2-6,11-12H2,1H3/t16-/m1/s1. The highest BCUT2D eigenvalue weighted by molar-refractivity contribution is 6.30. The SMILES string of the molecule is CCOC(=O)[C@@]1(CCCCCc2ccc(Cl)cc2)CO1. The lowest BCUT2D eigenvalue weighted by molar-refractivity contribution is -0.149. The maximum absolute atomic E-state index is 11.7. The third kappa shape index (κ3) is 4.22. The Hall–Kier alpha value is -1.06. The number of rotatable bonds is 8. The zero-order chi connectivity index (χ0) is 14.4. The molecule has 0 aliphatic carbocycles. The maximum Gasteiger partial charge on any atom is 0.340 e. The van der Waals surface area contributed by atoms with Gasteiger partial charge in [-0.3, -0.25) is 0 Å². The Labute approximate surface area is 125 Å². The van der Waals surface area contributed by atoms with Gasteiger partial charge in [0.15, 0.2) is 5.60 Å². The van der Waals surface area contributed by atoms with E-state index in [1.165, 1.54) is 5.56 Å². The van der Waals surface area contributed by atoms with Gasteiger partial charge in [0.2, 0.25) is 0 Å². The normalized spacial score (nSPS) is 20.7. The van der Waals surface area contributed by atoms with E-state index in [4.69, 9.17) is 21.1 Å². The van der Waals surface area contributed by atoms with Crippen LogP contribution in [0.2, 0.25) is 5.02 Å². The molecule has 0 bridgehead atoms. The molecule has 1 aromatic carbocycles. The van der Waals surface area contributed by atoms with Gasteiger partial charge in [-0.1, -0.05) is 30.2 Å². The molecule has 0 N–H and O–H groups in total. The number of unbranched alkanes of at least 4 members (excludes halogenated alkanes) is 2. The summed E-state index contributed by atoms with van der Waals surface area (Å²) >= 11 is 5.85. The highest BCUT2D eigenvalue weighted by atomic mass is 35.5. The number of esters is 1. The molecule has 1 aliphatic rings. The van der Waals surface area contributed by atoms with Gasteiger partial charge < -0.3 is 9.47 Å². The van der Waals surface area contributed by atoms with E-state index in [0.717, 1.165) is 37.1 Å². The Balaban J connectivity index is 1.62. The van der Waals surface area contributed by atoms with Crippen molar-refractivity contribution in [1.29, 1.82) is 0 Å². The molecular formula is C16H21ClO3. The molecule has 1 saturated heterocycles. The molecule has 1 aliphatic heterocycles. The summed E-state index contributed by atoms with van der Waals surface area (Å²) in [4.78, 5) is 11.7. The Bertz CT molecular complexity index is 438. The van der Waals surface area contributed by atoms with Gasteiger partial charge in [-0.15, -0.1) is 0 Å². The Kier molecular flexibility index (Phi) is 5.44. The van der Waals surface area contributed by atoms with Crippen LogP contribution in [-0.4, -0.2) is 24.8 Å². The Morgan fingerprint density at radius 2 is 2.00 bits per heavy atom. The second-order valence-corrected chi connectivity index (χ2v) is 5.63. The van der Waals surface area contributed by atoms with Gasteiger partial charge in [0.25, 0.3) is 0 Å². The second-order valence-electron chi connectivity index (χ2n) is 5.19. The quantitative estimate of drug-likeness (QED) is 0.416. The smallest absolute Gasteiger partial charge is 0.340 e. The van der Waals surface area contributed by atoms with Gasteiger partial charge in [-0.25, -0.2) is 4.79 Å². The van der Waals surface area contributed by atoms with Crippen molar-refractivity contribution in [3.05, 3.63) is 34.9 Å². The highest BCUT2D eigenvalue weighted by Gasteiger charge is 2.52. The summed E-state index contributed by atoms with van der Waals surface area (Å²) in [7, 11) is 0. The minimum atomic E-state index is -0.615. The van der Waals surface area contributed by atoms with Gasteiger partial charge in [-0.2, -0.15) is 0 Å². The third-order valence-electron chi connectivity index (χ3n) is 3.60. The number of hydrogen-bond donors (Lipinski definition) is 0. The van der Waals surface area contributed by atoms with E-state index in [2.05, 4.69) is 12.1 Å². The van der Waals surface area contributed by atoms with Crippen LogP contribution in [0, 0.1) is 0 Å². The Morgan fingerprint density at radius 3 is 2.60 bits per heavy atom. The van der Waals surface area contributed by atoms with Crippen LogP contribution in [0.4, 0.5) is 0 Å². The average molecular weight is 297 g/mol. The number of benzene rings is 1. The number of ether oxygens (including phenoxy) is 2. The summed E-state index contributed by atoms with van der Waals surface area (Å²) in [5.41, 5.74) is 0.688. The molecule has 0 aromatic heterocycles. The molecule has 0 spiro atoms. The topological polar surface area (TPSA) is 38.8 Å². The van der Waals surface area contributed by atoms with Crippen LogP contribution in [0.5, 0.6) is 0 Å². The summed E-state index contributed by atoms with van der Waals surface area (Å²) in [5, 5.41) is 0.774. The zero-order valence-corrected chi connectivity index (χ0v) is 12.6. The van der Waals surface area contributed by atoms with Crippen molar-refractivity contribution in [1.82, 2.24) is 0 Å². The number of hydrogen-bond acceptors (Lipinski definition) is 3. The largest absolute Gasteiger partial charge is 0.464 e. The predicted molar refractivity (Wildman–Crippen MR) is 78.9 cm³/mol. The molecular weight excluding hydrogens is 276 g/mol. The fraction of sp³-hybridized carbons (Fsp3) is 0.562. The molecule has 4 heteroatoms. The molecule has 1 aromatic rings. The molecule has 2 rings (SSSR count). The first-order valence-electron chi connectivity index (χ1n) is 7.22. The number of halogens is 1. The lowest BCUT2D eigenvalue weighted by atomic mass is 10.0. The first-order chi connectivity index (χ1) is 9.66. The number of epoxide rings is 1. The number of aryl methyl sites for hydroxylation is 1. The number of carbonyl (C=O) groups excluding carboxylic acids is 1. The first kappa shape index (κ1) is 15.3. The summed E-state index contributed by atoms with van der Waals surface area (Å²) in [6, 6.07) is 7.97. The summed E-state index contributed by atoms with van der Waals surface area (Å²) < 4.78 is 10.3. The molecule has 20 heavy (non-hydrogen) atoms. The molecule has 1 fully saturated rings. The van der Waals surface area contributed by atoms with E-state index in [0.29, 0.717) is 13.2 Å². The van der Waals surface area contributed by atoms with Crippen molar-refractivity contribution in [2.24, 2.45) is 0 Å². The van der Waals surface area contributed by atoms with Crippen molar-refractivity contribution in [2.45, 2.75) is 44.6 Å². The van der Waals surface area contributed by atoms with Crippen LogP contribution in [0.3, 0.4) is 0 Å². The first-order valence-corrected chi connectivity index (χ1v) is 7.60. The molecule has 0 unspecified atom stereocenters. The minimum Gasteiger partial charge on any atom is -0.464 e. The van der Waals surface area contributed by atoms with Crippen LogP contribution < -0.4 is 0 Å². The minimum absolute atomic E-state index is 0.197. The molecule has 3 nitrogen and oxygen atoms in total. The van der Waals surface area contributed by atoms with Crippen LogP contribution in [0.25, 0.3) is 0 Å². The monoisotopic (exact) mass is 296 g/mol. The van der Waals surface area contributed by atoms with Crippen LogP contribution in [0.15, 0.2) is 24.3 Å². The van der Waals surface area contributed by atoms with Crippen molar-refractivity contribution < 1.29 is 14.3 Å². The van der Waals surface area contributed by atoms with Gasteiger partial charge in [0.05, 0.1) is 13.2 Å². The average Bonchev–Trinajstić information content (AvgIpc) is 3.22. The third-order valence-corrected chi connectivity index (χ3v) is 3.85. The van der Waals surface area contributed by atoms with E-state index in [1.807, 2.05) is 19.1 Å². The van der Waals surface area contributed by atoms with E-state index in [1.54, 1.807) is 0 Å². The summed E-state index contributed by atoms with van der Waals surface area (Å²) in [6.07, 6.45) is 5.01. The maximum atomic E-state index is 11.7. The van der Waals surface area contributed by atoms with Crippen molar-refractivity contribution in [3.63, 3.8) is 0 Å². The van der Waals surface area contributed by atoms with Gasteiger partial charge >= 0.3 is 5.97 Å². The molecule has 1 atom stereocenters. The molecule has 0 radical (unpaired) electrons. The Morgan fingerprint density at radius 1 is 1.30 bits per heavy atom. The van der Waals surface area contributed by atoms with E-state index < -0.39 is 5.60 Å². The summed E-state index contributed by atoms with van der Waals surface area (Å²) in [6.45, 7) is 2.75. The van der Waals surface area contributed by atoms with Crippen LogP contribution in [0.1, 0.15) is 38.2 Å². The van der Waals surface area contributed by atoms with Crippen LogP contribution in [-0.2, 0) is 20.7 Å². The van der Waals surface area contributed by atoms with Gasteiger partial charge in [0, 0.05) is 5.02 Å². The fourth-order valence-corrected chi connectivity index (χ4v) is 2.41. The number of carbonyl (C=O) groups is 1. The fourth-order valence-electron chi connectivity index (χ4n) is 2.28. The van der Waals surface area contributed by atoms with E-state index in [9.17, 15) is 4.79 Å². The second kappa shape index (κ2) is 7.09. The predicted octanol–water partition coefficient (Wildman–Crippen LogP) is 3.78. The van der Waals surface area contributed by atoms with E-state index in [-0.39, 0.29) is 5.97 Å². The van der Waals surface area contributed by atoms with E-state index >= 15 is 0 Å². The molecule has 110 valence electrons. The van der Waals surface area contributed by atoms with Crippen LogP contribution >= 0.6 is 11.6 Å².